The first-order valence-corrected chi connectivity index (χ1v) is 6.78. The van der Waals surface area contributed by atoms with Crippen LogP contribution >= 0.6 is 0 Å². The molecule has 4 heteroatoms. The third-order valence-corrected chi connectivity index (χ3v) is 4.23. The molecule has 106 valence electrons. The second-order valence-corrected chi connectivity index (χ2v) is 5.32. The molecule has 0 aromatic heterocycles. The summed E-state index contributed by atoms with van der Waals surface area (Å²) >= 11 is 0. The SMILES string of the molecule is CCC1CCCCC1(O)c1ccccc1C(F)(F)F. The Hall–Kier alpha value is -1.03. The Morgan fingerprint density at radius 2 is 1.95 bits per heavy atom. The van der Waals surface area contributed by atoms with E-state index in [0.717, 1.165) is 25.3 Å². The number of aliphatic hydroxyl groups is 1. The van der Waals surface area contributed by atoms with E-state index in [4.69, 9.17) is 0 Å². The molecule has 2 rings (SSSR count). The third kappa shape index (κ3) is 2.64. The zero-order chi connectivity index (χ0) is 14.1. The van der Waals surface area contributed by atoms with E-state index in [1.54, 1.807) is 6.07 Å². The molecule has 1 nitrogen and oxygen atoms in total. The van der Waals surface area contributed by atoms with Crippen LogP contribution in [0.5, 0.6) is 0 Å². The highest BCUT2D eigenvalue weighted by molar-refractivity contribution is 5.35. The van der Waals surface area contributed by atoms with Gasteiger partial charge in [0.2, 0.25) is 0 Å². The number of hydrogen-bond donors (Lipinski definition) is 1. The van der Waals surface area contributed by atoms with Crippen LogP contribution in [0.4, 0.5) is 13.2 Å². The van der Waals surface area contributed by atoms with Gasteiger partial charge >= 0.3 is 6.18 Å². The maximum atomic E-state index is 13.1. The Labute approximate surface area is 111 Å². The Morgan fingerprint density at radius 3 is 2.58 bits per heavy atom. The number of alkyl halides is 3. The van der Waals surface area contributed by atoms with Gasteiger partial charge in [0.15, 0.2) is 0 Å². The van der Waals surface area contributed by atoms with Crippen molar-refractivity contribution in [3.05, 3.63) is 35.4 Å². The Kier molecular flexibility index (Phi) is 3.90. The molecule has 0 bridgehead atoms. The van der Waals surface area contributed by atoms with E-state index in [0.29, 0.717) is 12.8 Å². The molecule has 1 aliphatic rings. The molecule has 1 fully saturated rings. The minimum atomic E-state index is -4.41. The van der Waals surface area contributed by atoms with Gasteiger partial charge in [-0.1, -0.05) is 44.4 Å². The van der Waals surface area contributed by atoms with Gasteiger partial charge in [-0.3, -0.25) is 0 Å². The van der Waals surface area contributed by atoms with E-state index in [9.17, 15) is 18.3 Å². The van der Waals surface area contributed by atoms with Crippen molar-refractivity contribution in [1.82, 2.24) is 0 Å². The van der Waals surface area contributed by atoms with Crippen LogP contribution in [0, 0.1) is 5.92 Å². The predicted octanol–water partition coefficient (Wildman–Crippen LogP) is 4.49. The molecule has 1 aromatic carbocycles. The molecular weight excluding hydrogens is 253 g/mol. The largest absolute Gasteiger partial charge is 0.416 e. The van der Waals surface area contributed by atoms with Crippen LogP contribution in [0.15, 0.2) is 24.3 Å². The van der Waals surface area contributed by atoms with Crippen LogP contribution in [0.3, 0.4) is 0 Å². The van der Waals surface area contributed by atoms with E-state index >= 15 is 0 Å². The van der Waals surface area contributed by atoms with Crippen molar-refractivity contribution in [2.45, 2.75) is 50.8 Å². The molecule has 1 N–H and O–H groups in total. The first kappa shape index (κ1) is 14.4. The normalized spacial score (nSPS) is 28.4. The summed E-state index contributed by atoms with van der Waals surface area (Å²) in [5, 5.41) is 10.8. The van der Waals surface area contributed by atoms with Gasteiger partial charge in [0.25, 0.3) is 0 Å². The summed E-state index contributed by atoms with van der Waals surface area (Å²) in [5.74, 6) is -0.0928. The summed E-state index contributed by atoms with van der Waals surface area (Å²) in [4.78, 5) is 0. The second-order valence-electron chi connectivity index (χ2n) is 5.32. The first-order chi connectivity index (χ1) is 8.89. The standard InChI is InChI=1S/C15H19F3O/c1-2-11-7-5-6-10-14(11,19)12-8-3-4-9-13(12)15(16,17)18/h3-4,8-9,11,19H,2,5-7,10H2,1H3. The van der Waals surface area contributed by atoms with E-state index in [1.807, 2.05) is 6.92 Å². The zero-order valence-corrected chi connectivity index (χ0v) is 11.0. The maximum Gasteiger partial charge on any atom is 0.416 e. The summed E-state index contributed by atoms with van der Waals surface area (Å²) in [5.41, 5.74) is -1.98. The van der Waals surface area contributed by atoms with E-state index in [-0.39, 0.29) is 11.5 Å². The molecule has 2 atom stereocenters. The number of halogens is 3. The maximum absolute atomic E-state index is 13.1. The molecule has 0 amide bonds. The van der Waals surface area contributed by atoms with Crippen molar-refractivity contribution < 1.29 is 18.3 Å². The second kappa shape index (κ2) is 5.16. The van der Waals surface area contributed by atoms with Crippen LogP contribution < -0.4 is 0 Å². The van der Waals surface area contributed by atoms with E-state index < -0.39 is 17.3 Å². The molecule has 0 radical (unpaired) electrons. The average molecular weight is 272 g/mol. The van der Waals surface area contributed by atoms with Crippen molar-refractivity contribution in [2.24, 2.45) is 5.92 Å². The van der Waals surface area contributed by atoms with Gasteiger partial charge < -0.3 is 5.11 Å². The van der Waals surface area contributed by atoms with Crippen LogP contribution in [-0.4, -0.2) is 5.11 Å². The van der Waals surface area contributed by atoms with E-state index in [1.165, 1.54) is 12.1 Å². The first-order valence-electron chi connectivity index (χ1n) is 6.78. The topological polar surface area (TPSA) is 20.2 Å². The fraction of sp³-hybridized carbons (Fsp3) is 0.600. The number of rotatable bonds is 2. The average Bonchev–Trinajstić information content (AvgIpc) is 2.38. The highest BCUT2D eigenvalue weighted by Gasteiger charge is 2.45. The van der Waals surface area contributed by atoms with Crippen molar-refractivity contribution in [2.75, 3.05) is 0 Å². The monoisotopic (exact) mass is 272 g/mol. The fourth-order valence-electron chi connectivity index (χ4n) is 3.23. The third-order valence-electron chi connectivity index (χ3n) is 4.23. The molecule has 2 unspecified atom stereocenters. The smallest absolute Gasteiger partial charge is 0.385 e. The lowest BCUT2D eigenvalue weighted by Crippen LogP contribution is -2.39. The molecule has 0 heterocycles. The Morgan fingerprint density at radius 1 is 1.26 bits per heavy atom. The van der Waals surface area contributed by atoms with Gasteiger partial charge in [-0.05, 0) is 30.4 Å². The van der Waals surface area contributed by atoms with Crippen LogP contribution in [0.1, 0.15) is 50.2 Å². The quantitative estimate of drug-likeness (QED) is 0.840. The summed E-state index contributed by atoms with van der Waals surface area (Å²) in [6, 6.07) is 5.44. The molecule has 0 spiro atoms. The number of hydrogen-bond acceptors (Lipinski definition) is 1. The van der Waals surface area contributed by atoms with Gasteiger partial charge in [0.1, 0.15) is 0 Å². The van der Waals surface area contributed by atoms with Crippen molar-refractivity contribution in [3.8, 4) is 0 Å². The molecule has 0 saturated heterocycles. The molecule has 0 aliphatic heterocycles. The lowest BCUT2D eigenvalue weighted by molar-refractivity contribution is -0.143. The molecule has 19 heavy (non-hydrogen) atoms. The van der Waals surface area contributed by atoms with Gasteiger partial charge in [0, 0.05) is 0 Å². The summed E-state index contributed by atoms with van der Waals surface area (Å²) < 4.78 is 39.3. The molecular formula is C15H19F3O. The van der Waals surface area contributed by atoms with Gasteiger partial charge in [-0.25, -0.2) is 0 Å². The highest BCUT2D eigenvalue weighted by atomic mass is 19.4. The van der Waals surface area contributed by atoms with Crippen LogP contribution in [-0.2, 0) is 11.8 Å². The van der Waals surface area contributed by atoms with Crippen molar-refractivity contribution in [1.29, 1.82) is 0 Å². The van der Waals surface area contributed by atoms with Crippen LogP contribution in [0.2, 0.25) is 0 Å². The summed E-state index contributed by atoms with van der Waals surface area (Å²) in [6.45, 7) is 1.93. The van der Waals surface area contributed by atoms with Gasteiger partial charge in [-0.2, -0.15) is 13.2 Å². The minimum Gasteiger partial charge on any atom is -0.385 e. The Balaban J connectivity index is 2.50. The lowest BCUT2D eigenvalue weighted by atomic mass is 9.69. The van der Waals surface area contributed by atoms with Gasteiger partial charge in [-0.15, -0.1) is 0 Å². The highest BCUT2D eigenvalue weighted by Crippen LogP contribution is 2.47. The minimum absolute atomic E-state index is 0.0500. The summed E-state index contributed by atoms with van der Waals surface area (Å²) in [6.07, 6.45) is -0.753. The fourth-order valence-corrected chi connectivity index (χ4v) is 3.23. The Bertz CT molecular complexity index is 441. The predicted molar refractivity (Wildman–Crippen MR) is 67.6 cm³/mol. The summed E-state index contributed by atoms with van der Waals surface area (Å²) in [7, 11) is 0. The van der Waals surface area contributed by atoms with Crippen molar-refractivity contribution >= 4 is 0 Å². The molecule has 1 aliphatic carbocycles. The molecule has 1 saturated carbocycles. The van der Waals surface area contributed by atoms with E-state index in [2.05, 4.69) is 0 Å². The van der Waals surface area contributed by atoms with Crippen LogP contribution in [0.25, 0.3) is 0 Å². The lowest BCUT2D eigenvalue weighted by Gasteiger charge is -2.41. The van der Waals surface area contributed by atoms with Crippen molar-refractivity contribution in [3.63, 3.8) is 0 Å². The number of benzene rings is 1. The zero-order valence-electron chi connectivity index (χ0n) is 11.0. The van der Waals surface area contributed by atoms with Gasteiger partial charge in [0.05, 0.1) is 11.2 Å². The molecule has 1 aromatic rings.